The summed E-state index contributed by atoms with van der Waals surface area (Å²) in [6.45, 7) is 3.00. The van der Waals surface area contributed by atoms with Crippen molar-refractivity contribution in [3.63, 3.8) is 0 Å². The van der Waals surface area contributed by atoms with Crippen LogP contribution < -0.4 is 5.32 Å². The Balaban J connectivity index is 2.89. The van der Waals surface area contributed by atoms with E-state index in [1.165, 1.54) is 0 Å². The predicted molar refractivity (Wildman–Crippen MR) is 72.2 cm³/mol. The SMILES string of the molecule is CCCCNc1c(Br)cc(C(=O)O)cc1Br. The van der Waals surface area contributed by atoms with E-state index >= 15 is 0 Å². The quantitative estimate of drug-likeness (QED) is 0.785. The maximum atomic E-state index is 10.8. The maximum Gasteiger partial charge on any atom is 0.335 e. The topological polar surface area (TPSA) is 49.3 Å². The lowest BCUT2D eigenvalue weighted by atomic mass is 10.2. The molecule has 1 aromatic rings. The van der Waals surface area contributed by atoms with Crippen LogP contribution in [0.2, 0.25) is 0 Å². The average molecular weight is 351 g/mol. The number of unbranched alkanes of at least 4 members (excludes halogenated alkanes) is 1. The second kappa shape index (κ2) is 6.25. The Morgan fingerprint density at radius 3 is 2.38 bits per heavy atom. The number of halogens is 2. The Morgan fingerprint density at radius 2 is 1.94 bits per heavy atom. The van der Waals surface area contributed by atoms with Gasteiger partial charge in [-0.25, -0.2) is 4.79 Å². The number of rotatable bonds is 5. The second-order valence-electron chi connectivity index (χ2n) is 3.40. The van der Waals surface area contributed by atoms with E-state index < -0.39 is 5.97 Å². The summed E-state index contributed by atoms with van der Waals surface area (Å²) in [5.41, 5.74) is 1.17. The van der Waals surface area contributed by atoms with Crippen molar-refractivity contribution < 1.29 is 9.90 Å². The monoisotopic (exact) mass is 349 g/mol. The first kappa shape index (κ1) is 13.5. The number of benzene rings is 1. The van der Waals surface area contributed by atoms with Gasteiger partial charge in [0.1, 0.15) is 0 Å². The van der Waals surface area contributed by atoms with E-state index in [1.807, 2.05) is 0 Å². The normalized spacial score (nSPS) is 10.2. The molecule has 0 heterocycles. The molecule has 0 aliphatic heterocycles. The molecule has 3 nitrogen and oxygen atoms in total. The Kier molecular flexibility index (Phi) is 5.28. The lowest BCUT2D eigenvalue weighted by Gasteiger charge is -2.11. The third kappa shape index (κ3) is 3.49. The van der Waals surface area contributed by atoms with Crippen LogP contribution in [0.25, 0.3) is 0 Å². The van der Waals surface area contributed by atoms with Crippen LogP contribution >= 0.6 is 31.9 Å². The van der Waals surface area contributed by atoms with Crippen LogP contribution in [0.3, 0.4) is 0 Å². The van der Waals surface area contributed by atoms with Crippen LogP contribution in [0.1, 0.15) is 30.1 Å². The molecule has 1 rings (SSSR count). The largest absolute Gasteiger partial charge is 0.478 e. The van der Waals surface area contributed by atoms with Crippen LogP contribution in [0.4, 0.5) is 5.69 Å². The van der Waals surface area contributed by atoms with Crippen molar-refractivity contribution in [2.75, 3.05) is 11.9 Å². The maximum absolute atomic E-state index is 10.8. The zero-order valence-corrected chi connectivity index (χ0v) is 12.1. The molecule has 0 radical (unpaired) electrons. The summed E-state index contributed by atoms with van der Waals surface area (Å²) in [7, 11) is 0. The van der Waals surface area contributed by atoms with Crippen molar-refractivity contribution in [3.05, 3.63) is 26.6 Å². The smallest absolute Gasteiger partial charge is 0.335 e. The van der Waals surface area contributed by atoms with Crippen molar-refractivity contribution in [2.45, 2.75) is 19.8 Å². The molecule has 0 unspecified atom stereocenters. The third-order valence-corrected chi connectivity index (χ3v) is 3.37. The molecular weight excluding hydrogens is 338 g/mol. The second-order valence-corrected chi connectivity index (χ2v) is 5.11. The Morgan fingerprint density at radius 1 is 1.38 bits per heavy atom. The van der Waals surface area contributed by atoms with Gasteiger partial charge in [0.2, 0.25) is 0 Å². The molecule has 0 saturated heterocycles. The molecule has 0 spiro atoms. The van der Waals surface area contributed by atoms with Gasteiger partial charge >= 0.3 is 5.97 Å². The Hall–Kier alpha value is -0.550. The van der Waals surface area contributed by atoms with Gasteiger partial charge in [-0.15, -0.1) is 0 Å². The summed E-state index contributed by atoms with van der Waals surface area (Å²) in [5, 5.41) is 12.1. The fourth-order valence-corrected chi connectivity index (χ4v) is 2.72. The number of nitrogens with one attached hydrogen (secondary N) is 1. The molecule has 2 N–H and O–H groups in total. The van der Waals surface area contributed by atoms with Gasteiger partial charge in [-0.05, 0) is 50.4 Å². The molecule has 1 aromatic carbocycles. The number of anilines is 1. The number of aromatic carboxylic acids is 1. The molecule has 0 fully saturated rings. The molecule has 16 heavy (non-hydrogen) atoms. The van der Waals surface area contributed by atoms with E-state index in [9.17, 15) is 4.79 Å². The molecule has 0 amide bonds. The van der Waals surface area contributed by atoms with Gasteiger partial charge < -0.3 is 10.4 Å². The molecule has 0 aliphatic carbocycles. The lowest BCUT2D eigenvalue weighted by molar-refractivity contribution is 0.0697. The molecule has 0 aliphatic rings. The van der Waals surface area contributed by atoms with Gasteiger partial charge in [0.25, 0.3) is 0 Å². The minimum Gasteiger partial charge on any atom is -0.478 e. The number of carboxylic acids is 1. The van der Waals surface area contributed by atoms with Crippen LogP contribution in [-0.2, 0) is 0 Å². The van der Waals surface area contributed by atoms with Crippen LogP contribution in [0.5, 0.6) is 0 Å². The van der Waals surface area contributed by atoms with Crippen LogP contribution in [-0.4, -0.2) is 17.6 Å². The summed E-state index contributed by atoms with van der Waals surface area (Å²) >= 11 is 6.73. The fraction of sp³-hybridized carbons (Fsp3) is 0.364. The summed E-state index contributed by atoms with van der Waals surface area (Å²) in [4.78, 5) is 10.8. The van der Waals surface area contributed by atoms with Crippen molar-refractivity contribution >= 4 is 43.5 Å². The number of carboxylic acid groups (broad SMARTS) is 1. The van der Waals surface area contributed by atoms with Crippen molar-refractivity contribution in [1.82, 2.24) is 0 Å². The van der Waals surface area contributed by atoms with E-state index in [0.29, 0.717) is 0 Å². The van der Waals surface area contributed by atoms with Crippen molar-refractivity contribution in [2.24, 2.45) is 0 Å². The van der Waals surface area contributed by atoms with Gasteiger partial charge in [0.15, 0.2) is 0 Å². The minimum atomic E-state index is -0.929. The molecule has 88 valence electrons. The number of hydrogen-bond donors (Lipinski definition) is 2. The molecule has 0 saturated carbocycles. The average Bonchev–Trinajstić information content (AvgIpc) is 2.21. The minimum absolute atomic E-state index is 0.264. The predicted octanol–water partition coefficient (Wildman–Crippen LogP) is 4.12. The van der Waals surface area contributed by atoms with Crippen molar-refractivity contribution in [1.29, 1.82) is 0 Å². The summed E-state index contributed by atoms with van der Waals surface area (Å²) in [6.07, 6.45) is 2.20. The highest BCUT2D eigenvalue weighted by molar-refractivity contribution is 9.11. The molecule has 5 heteroatoms. The Bertz CT molecular complexity index is 371. The van der Waals surface area contributed by atoms with E-state index in [4.69, 9.17) is 5.11 Å². The van der Waals surface area contributed by atoms with E-state index in [0.717, 1.165) is 34.0 Å². The number of hydrogen-bond acceptors (Lipinski definition) is 2. The van der Waals surface area contributed by atoms with Crippen LogP contribution in [0.15, 0.2) is 21.1 Å². The highest BCUT2D eigenvalue weighted by Gasteiger charge is 2.10. The summed E-state index contributed by atoms with van der Waals surface area (Å²) in [5.74, 6) is -0.929. The third-order valence-electron chi connectivity index (χ3n) is 2.12. The highest BCUT2D eigenvalue weighted by atomic mass is 79.9. The fourth-order valence-electron chi connectivity index (χ4n) is 1.26. The van der Waals surface area contributed by atoms with Crippen molar-refractivity contribution in [3.8, 4) is 0 Å². The Labute approximate surface area is 111 Å². The van der Waals surface area contributed by atoms with Gasteiger partial charge in [0, 0.05) is 15.5 Å². The molecule has 0 atom stereocenters. The first-order chi connectivity index (χ1) is 7.56. The van der Waals surface area contributed by atoms with Gasteiger partial charge in [0.05, 0.1) is 11.3 Å². The number of carbonyl (C=O) groups is 1. The molecule has 0 aromatic heterocycles. The van der Waals surface area contributed by atoms with Gasteiger partial charge in [-0.1, -0.05) is 13.3 Å². The zero-order chi connectivity index (χ0) is 12.1. The highest BCUT2D eigenvalue weighted by Crippen LogP contribution is 2.32. The lowest BCUT2D eigenvalue weighted by Crippen LogP contribution is -2.04. The van der Waals surface area contributed by atoms with E-state index in [2.05, 4.69) is 44.1 Å². The standard InChI is InChI=1S/C11H13Br2NO2/c1-2-3-4-14-10-8(12)5-7(11(15)16)6-9(10)13/h5-6,14H,2-4H2,1H3,(H,15,16). The molecular formula is C11H13Br2NO2. The van der Waals surface area contributed by atoms with Crippen LogP contribution in [0, 0.1) is 0 Å². The first-order valence-electron chi connectivity index (χ1n) is 5.02. The summed E-state index contributed by atoms with van der Waals surface area (Å²) in [6, 6.07) is 3.20. The van der Waals surface area contributed by atoms with E-state index in [1.54, 1.807) is 12.1 Å². The first-order valence-corrected chi connectivity index (χ1v) is 6.61. The zero-order valence-electron chi connectivity index (χ0n) is 8.89. The van der Waals surface area contributed by atoms with E-state index in [-0.39, 0.29) is 5.56 Å². The van der Waals surface area contributed by atoms with Gasteiger partial charge in [-0.2, -0.15) is 0 Å². The summed E-state index contributed by atoms with van der Waals surface area (Å²) < 4.78 is 1.52. The van der Waals surface area contributed by atoms with Gasteiger partial charge in [-0.3, -0.25) is 0 Å². The molecule has 0 bridgehead atoms.